The summed E-state index contributed by atoms with van der Waals surface area (Å²) in [6.45, 7) is 4.53. The molecule has 1 fully saturated rings. The van der Waals surface area contributed by atoms with Crippen LogP contribution in [0.2, 0.25) is 0 Å². The van der Waals surface area contributed by atoms with Gasteiger partial charge in [0.15, 0.2) is 0 Å². The first kappa shape index (κ1) is 26.0. The lowest BCUT2D eigenvalue weighted by Gasteiger charge is -2.38. The van der Waals surface area contributed by atoms with Gasteiger partial charge in [-0.1, -0.05) is 60.7 Å². The van der Waals surface area contributed by atoms with Crippen LogP contribution in [-0.4, -0.2) is 48.7 Å². The highest BCUT2D eigenvalue weighted by atomic mass is 32.2. The van der Waals surface area contributed by atoms with E-state index in [0.717, 1.165) is 59.5 Å². The Bertz CT molecular complexity index is 1130. The number of nitrogens with zero attached hydrogens (tertiary/aromatic N) is 1. The minimum Gasteiger partial charge on any atom is -0.369 e. The standard InChI is InChI=1S/C30H35N3O2S/c1-23(34)32-27-14-16-28(17-15-27)36-21-9-19-33(2)20-18-26(22-33)30(29(31)35,24-10-5-3-6-11-24)25-12-7-4-8-13-25/h3-8,10-17,26H,9,18-22H2,1-2H3,(H2-,31,32,34,35)/p+1. The summed E-state index contributed by atoms with van der Waals surface area (Å²) in [6.07, 6.45) is 2.04. The fraction of sp³-hybridized carbons (Fsp3) is 0.333. The van der Waals surface area contributed by atoms with E-state index in [-0.39, 0.29) is 17.7 Å². The summed E-state index contributed by atoms with van der Waals surface area (Å²) in [6, 6.07) is 28.2. The number of rotatable bonds is 10. The zero-order valence-corrected chi connectivity index (χ0v) is 22.0. The first-order chi connectivity index (χ1) is 17.3. The third-order valence-electron chi connectivity index (χ3n) is 7.42. The monoisotopic (exact) mass is 502 g/mol. The van der Waals surface area contributed by atoms with Crippen LogP contribution in [0.4, 0.5) is 5.69 Å². The maximum Gasteiger partial charge on any atom is 0.233 e. The number of anilines is 1. The summed E-state index contributed by atoms with van der Waals surface area (Å²) in [5.74, 6) is 0.836. The van der Waals surface area contributed by atoms with Crippen molar-refractivity contribution in [3.63, 3.8) is 0 Å². The van der Waals surface area contributed by atoms with Crippen LogP contribution in [0, 0.1) is 5.92 Å². The summed E-state index contributed by atoms with van der Waals surface area (Å²) in [5.41, 5.74) is 8.22. The average molecular weight is 503 g/mol. The van der Waals surface area contributed by atoms with Gasteiger partial charge in [0.2, 0.25) is 11.8 Å². The minimum atomic E-state index is -0.830. The van der Waals surface area contributed by atoms with E-state index in [9.17, 15) is 9.59 Å². The van der Waals surface area contributed by atoms with Gasteiger partial charge in [-0.05, 0) is 35.4 Å². The number of carbonyl (C=O) groups excluding carboxylic acids is 2. The molecule has 6 heteroatoms. The molecular formula is C30H36N3O2S+. The van der Waals surface area contributed by atoms with Crippen molar-refractivity contribution < 1.29 is 14.1 Å². The maximum atomic E-state index is 13.3. The molecule has 0 saturated carbocycles. The smallest absolute Gasteiger partial charge is 0.233 e. The number of amides is 2. The van der Waals surface area contributed by atoms with Crippen LogP contribution in [0.3, 0.4) is 0 Å². The molecule has 1 aliphatic heterocycles. The van der Waals surface area contributed by atoms with Crippen LogP contribution in [0.15, 0.2) is 89.8 Å². The molecule has 2 amide bonds. The largest absolute Gasteiger partial charge is 0.369 e. The normalized spacial score (nSPS) is 19.7. The van der Waals surface area contributed by atoms with Crippen molar-refractivity contribution in [3.8, 4) is 0 Å². The molecule has 0 radical (unpaired) electrons. The van der Waals surface area contributed by atoms with Gasteiger partial charge < -0.3 is 15.5 Å². The van der Waals surface area contributed by atoms with Crippen LogP contribution in [0.5, 0.6) is 0 Å². The first-order valence-corrected chi connectivity index (χ1v) is 13.6. The lowest BCUT2D eigenvalue weighted by Crippen LogP contribution is -2.51. The highest BCUT2D eigenvalue weighted by Gasteiger charge is 2.53. The maximum absolute atomic E-state index is 13.3. The van der Waals surface area contributed by atoms with E-state index in [1.807, 2.05) is 84.6 Å². The van der Waals surface area contributed by atoms with Crippen molar-refractivity contribution in [2.24, 2.45) is 11.7 Å². The Balaban J connectivity index is 1.44. The Kier molecular flexibility index (Phi) is 8.17. The van der Waals surface area contributed by atoms with Gasteiger partial charge in [0.1, 0.15) is 5.41 Å². The highest BCUT2D eigenvalue weighted by Crippen LogP contribution is 2.45. The Labute approximate surface area is 218 Å². The van der Waals surface area contributed by atoms with Crippen LogP contribution in [0.1, 0.15) is 30.9 Å². The van der Waals surface area contributed by atoms with E-state index in [4.69, 9.17) is 5.73 Å². The van der Waals surface area contributed by atoms with Gasteiger partial charge in [-0.3, -0.25) is 9.59 Å². The third-order valence-corrected chi connectivity index (χ3v) is 8.52. The van der Waals surface area contributed by atoms with Gasteiger partial charge in [-0.2, -0.15) is 0 Å². The molecule has 0 aromatic heterocycles. The summed E-state index contributed by atoms with van der Waals surface area (Å²) < 4.78 is 0.946. The van der Waals surface area contributed by atoms with Gasteiger partial charge >= 0.3 is 0 Å². The quantitative estimate of drug-likeness (QED) is 0.231. The fourth-order valence-electron chi connectivity index (χ4n) is 5.74. The molecule has 2 unspecified atom stereocenters. The number of thioether (sulfide) groups is 1. The van der Waals surface area contributed by atoms with Crippen LogP contribution in [0.25, 0.3) is 0 Å². The highest BCUT2D eigenvalue weighted by molar-refractivity contribution is 7.99. The molecule has 1 heterocycles. The van der Waals surface area contributed by atoms with E-state index in [2.05, 4.69) is 24.5 Å². The summed E-state index contributed by atoms with van der Waals surface area (Å²) >= 11 is 1.84. The van der Waals surface area contributed by atoms with Gasteiger partial charge in [0, 0.05) is 42.0 Å². The fourth-order valence-corrected chi connectivity index (χ4v) is 6.58. The Morgan fingerprint density at radius 2 is 1.56 bits per heavy atom. The second kappa shape index (κ2) is 11.3. The third kappa shape index (κ3) is 5.66. The molecule has 1 aliphatic rings. The van der Waals surface area contributed by atoms with Gasteiger partial charge in [-0.15, -0.1) is 11.8 Å². The number of nitrogens with one attached hydrogen (secondary N) is 1. The predicted molar refractivity (Wildman–Crippen MR) is 148 cm³/mol. The number of hydrogen-bond donors (Lipinski definition) is 2. The second-order valence-electron chi connectivity index (χ2n) is 10.0. The lowest BCUT2D eigenvalue weighted by atomic mass is 9.64. The van der Waals surface area contributed by atoms with E-state index in [1.54, 1.807) is 0 Å². The zero-order valence-electron chi connectivity index (χ0n) is 21.2. The Hall–Kier alpha value is -3.09. The number of quaternary nitrogens is 1. The number of primary amides is 1. The molecular weight excluding hydrogens is 466 g/mol. The zero-order chi connectivity index (χ0) is 25.6. The molecule has 0 bridgehead atoms. The van der Waals surface area contributed by atoms with Crippen molar-refractivity contribution in [3.05, 3.63) is 96.1 Å². The van der Waals surface area contributed by atoms with Gasteiger partial charge in [-0.25, -0.2) is 0 Å². The van der Waals surface area contributed by atoms with E-state index >= 15 is 0 Å². The summed E-state index contributed by atoms with van der Waals surface area (Å²) in [7, 11) is 2.31. The number of hydrogen-bond acceptors (Lipinski definition) is 3. The molecule has 3 aromatic carbocycles. The van der Waals surface area contributed by atoms with Gasteiger partial charge in [0.05, 0.1) is 26.7 Å². The van der Waals surface area contributed by atoms with E-state index < -0.39 is 5.41 Å². The van der Waals surface area contributed by atoms with Crippen molar-refractivity contribution in [2.75, 3.05) is 37.8 Å². The average Bonchev–Trinajstić information content (AvgIpc) is 3.26. The molecule has 4 rings (SSSR count). The van der Waals surface area contributed by atoms with E-state index in [0.29, 0.717) is 0 Å². The first-order valence-electron chi connectivity index (χ1n) is 12.6. The van der Waals surface area contributed by atoms with Crippen molar-refractivity contribution in [1.82, 2.24) is 0 Å². The summed E-state index contributed by atoms with van der Waals surface area (Å²) in [5, 5.41) is 2.81. The Morgan fingerprint density at radius 3 is 2.08 bits per heavy atom. The second-order valence-corrected chi connectivity index (χ2v) is 11.2. The SMILES string of the molecule is CC(=O)Nc1ccc(SCCC[N+]2(C)CCC(C(C(N)=O)(c3ccccc3)c3ccccc3)C2)cc1. The van der Waals surface area contributed by atoms with Crippen molar-refractivity contribution in [1.29, 1.82) is 0 Å². The molecule has 188 valence electrons. The molecule has 1 saturated heterocycles. The molecule has 3 aromatic rings. The lowest BCUT2D eigenvalue weighted by molar-refractivity contribution is -0.899. The van der Waals surface area contributed by atoms with Gasteiger partial charge in [0.25, 0.3) is 0 Å². The minimum absolute atomic E-state index is 0.0591. The molecule has 3 N–H and O–H groups in total. The Morgan fingerprint density at radius 1 is 0.972 bits per heavy atom. The molecule has 2 atom stereocenters. The molecule has 0 spiro atoms. The van der Waals surface area contributed by atoms with Crippen LogP contribution in [-0.2, 0) is 15.0 Å². The van der Waals surface area contributed by atoms with Crippen molar-refractivity contribution in [2.45, 2.75) is 30.1 Å². The van der Waals surface area contributed by atoms with Crippen LogP contribution < -0.4 is 11.1 Å². The predicted octanol–water partition coefficient (Wildman–Crippen LogP) is 5.07. The topological polar surface area (TPSA) is 72.2 Å². The number of nitrogens with two attached hydrogens (primary N) is 1. The molecule has 36 heavy (non-hydrogen) atoms. The number of likely N-dealkylation sites (tertiary alicyclic amines) is 1. The van der Waals surface area contributed by atoms with Crippen LogP contribution >= 0.6 is 11.8 Å². The number of carbonyl (C=O) groups is 2. The molecule has 5 nitrogen and oxygen atoms in total. The van der Waals surface area contributed by atoms with Crippen molar-refractivity contribution >= 4 is 29.3 Å². The van der Waals surface area contributed by atoms with E-state index in [1.165, 1.54) is 11.8 Å². The summed E-state index contributed by atoms with van der Waals surface area (Å²) in [4.78, 5) is 25.7. The molecule has 0 aliphatic carbocycles. The number of benzene rings is 3.